The Morgan fingerprint density at radius 1 is 1.57 bits per heavy atom. The lowest BCUT2D eigenvalue weighted by atomic mass is 9.75. The lowest BCUT2D eigenvalue weighted by molar-refractivity contribution is 0.269. The Morgan fingerprint density at radius 3 is 2.86 bits per heavy atom. The molecule has 3 nitrogen and oxygen atoms in total. The van der Waals surface area contributed by atoms with E-state index in [1.54, 1.807) is 6.20 Å². The van der Waals surface area contributed by atoms with Gasteiger partial charge in [0.15, 0.2) is 0 Å². The van der Waals surface area contributed by atoms with Gasteiger partial charge in [0.25, 0.3) is 0 Å². The minimum absolute atomic E-state index is 0.262. The van der Waals surface area contributed by atoms with Gasteiger partial charge in [-0.3, -0.25) is 0 Å². The molecule has 0 aliphatic heterocycles. The summed E-state index contributed by atoms with van der Waals surface area (Å²) in [7, 11) is 0. The molecule has 0 amide bonds. The third kappa shape index (κ3) is 1.82. The molecular formula is C10H14ClN3. The summed E-state index contributed by atoms with van der Waals surface area (Å²) in [5.74, 6) is 0.839. The normalized spacial score (nSPS) is 18.7. The largest absolute Gasteiger partial charge is 0.365 e. The van der Waals surface area contributed by atoms with Gasteiger partial charge in [-0.15, -0.1) is 0 Å². The summed E-state index contributed by atoms with van der Waals surface area (Å²) >= 11 is 5.72. The molecule has 1 fully saturated rings. The number of nitrogens with one attached hydrogen (secondary N) is 1. The predicted molar refractivity (Wildman–Crippen MR) is 57.5 cm³/mol. The van der Waals surface area contributed by atoms with Crippen LogP contribution in [-0.4, -0.2) is 15.5 Å². The average molecular weight is 212 g/mol. The molecular weight excluding hydrogens is 198 g/mol. The van der Waals surface area contributed by atoms with Gasteiger partial charge in [-0.1, -0.05) is 6.92 Å². The second-order valence-electron chi connectivity index (χ2n) is 3.82. The molecule has 1 aliphatic carbocycles. The molecule has 1 aromatic rings. The van der Waals surface area contributed by atoms with Gasteiger partial charge in [-0.05, 0) is 43.4 Å². The maximum atomic E-state index is 5.72. The van der Waals surface area contributed by atoms with E-state index in [1.165, 1.54) is 19.3 Å². The molecule has 1 aliphatic rings. The molecule has 0 aromatic carbocycles. The third-order valence-electron chi connectivity index (χ3n) is 3.01. The van der Waals surface area contributed by atoms with Gasteiger partial charge in [-0.2, -0.15) is 0 Å². The van der Waals surface area contributed by atoms with E-state index in [9.17, 15) is 0 Å². The Bertz CT molecular complexity index is 317. The molecule has 1 aromatic heterocycles. The lowest BCUT2D eigenvalue weighted by Gasteiger charge is -2.42. The van der Waals surface area contributed by atoms with Crippen molar-refractivity contribution in [3.8, 4) is 0 Å². The van der Waals surface area contributed by atoms with Crippen LogP contribution in [0.3, 0.4) is 0 Å². The summed E-state index contributed by atoms with van der Waals surface area (Å²) in [5, 5.41) is 3.75. The molecule has 0 bridgehead atoms. The van der Waals surface area contributed by atoms with E-state index in [4.69, 9.17) is 11.6 Å². The van der Waals surface area contributed by atoms with Gasteiger partial charge >= 0.3 is 0 Å². The molecule has 0 radical (unpaired) electrons. The summed E-state index contributed by atoms with van der Waals surface area (Å²) in [6.07, 6.45) is 6.57. The van der Waals surface area contributed by atoms with Crippen LogP contribution in [0.1, 0.15) is 32.6 Å². The number of hydrogen-bond acceptors (Lipinski definition) is 3. The number of hydrogen-bond donors (Lipinski definition) is 1. The zero-order valence-electron chi connectivity index (χ0n) is 8.26. The Morgan fingerprint density at radius 2 is 2.36 bits per heavy atom. The van der Waals surface area contributed by atoms with E-state index in [2.05, 4.69) is 22.2 Å². The minimum atomic E-state index is 0.262. The Kier molecular flexibility index (Phi) is 2.59. The maximum Gasteiger partial charge on any atom is 0.224 e. The van der Waals surface area contributed by atoms with Crippen LogP contribution in [-0.2, 0) is 0 Å². The van der Waals surface area contributed by atoms with Crippen molar-refractivity contribution >= 4 is 17.4 Å². The van der Waals surface area contributed by atoms with Crippen LogP contribution in [0.4, 0.5) is 5.82 Å². The molecule has 0 saturated heterocycles. The molecule has 1 heterocycles. The van der Waals surface area contributed by atoms with Crippen molar-refractivity contribution in [3.05, 3.63) is 17.5 Å². The summed E-state index contributed by atoms with van der Waals surface area (Å²) < 4.78 is 0. The topological polar surface area (TPSA) is 37.8 Å². The van der Waals surface area contributed by atoms with Crippen LogP contribution in [0.15, 0.2) is 12.3 Å². The monoisotopic (exact) mass is 211 g/mol. The Balaban J connectivity index is 2.09. The van der Waals surface area contributed by atoms with E-state index in [0.717, 1.165) is 12.2 Å². The highest BCUT2D eigenvalue weighted by molar-refractivity contribution is 6.28. The van der Waals surface area contributed by atoms with E-state index < -0.39 is 0 Å². The molecule has 1 N–H and O–H groups in total. The number of halogens is 1. The molecule has 0 atom stereocenters. The van der Waals surface area contributed by atoms with Crippen molar-refractivity contribution in [1.29, 1.82) is 0 Å². The molecule has 4 heteroatoms. The zero-order chi connectivity index (χ0) is 10.0. The Labute approximate surface area is 88.9 Å². The summed E-state index contributed by atoms with van der Waals surface area (Å²) in [5.41, 5.74) is 0.262. The maximum absolute atomic E-state index is 5.72. The first-order valence-electron chi connectivity index (χ1n) is 5.01. The van der Waals surface area contributed by atoms with Gasteiger partial charge in [0.1, 0.15) is 5.82 Å². The highest BCUT2D eigenvalue weighted by Crippen LogP contribution is 2.37. The predicted octanol–water partition coefficient (Wildman–Crippen LogP) is 2.87. The van der Waals surface area contributed by atoms with E-state index in [-0.39, 0.29) is 5.54 Å². The second kappa shape index (κ2) is 3.73. The number of nitrogens with zero attached hydrogens (tertiary/aromatic N) is 2. The van der Waals surface area contributed by atoms with E-state index in [0.29, 0.717) is 5.28 Å². The standard InChI is InChI=1S/C10H14ClN3/c1-2-10(5-3-6-10)14-8-4-7-12-9(11)13-8/h4,7H,2-3,5-6H2,1H3,(H,12,13,14). The van der Waals surface area contributed by atoms with Crippen LogP contribution in [0, 0.1) is 0 Å². The van der Waals surface area contributed by atoms with Crippen molar-refractivity contribution < 1.29 is 0 Å². The van der Waals surface area contributed by atoms with Gasteiger partial charge in [-0.25, -0.2) is 9.97 Å². The summed E-state index contributed by atoms with van der Waals surface area (Å²) in [4.78, 5) is 7.99. The summed E-state index contributed by atoms with van der Waals surface area (Å²) in [6.45, 7) is 2.20. The molecule has 2 rings (SSSR count). The average Bonchev–Trinajstić information content (AvgIpc) is 2.11. The van der Waals surface area contributed by atoms with E-state index >= 15 is 0 Å². The number of aromatic nitrogens is 2. The highest BCUT2D eigenvalue weighted by Gasteiger charge is 2.35. The first kappa shape index (κ1) is 9.71. The number of rotatable bonds is 3. The molecule has 14 heavy (non-hydrogen) atoms. The van der Waals surface area contributed by atoms with Crippen molar-refractivity contribution in [3.63, 3.8) is 0 Å². The quantitative estimate of drug-likeness (QED) is 0.782. The van der Waals surface area contributed by atoms with Crippen LogP contribution < -0.4 is 5.32 Å². The smallest absolute Gasteiger partial charge is 0.224 e. The van der Waals surface area contributed by atoms with Crippen LogP contribution >= 0.6 is 11.6 Å². The highest BCUT2D eigenvalue weighted by atomic mass is 35.5. The van der Waals surface area contributed by atoms with Crippen molar-refractivity contribution in [2.24, 2.45) is 0 Å². The molecule has 76 valence electrons. The van der Waals surface area contributed by atoms with Gasteiger partial charge in [0.05, 0.1) is 0 Å². The van der Waals surface area contributed by atoms with Crippen molar-refractivity contribution in [1.82, 2.24) is 9.97 Å². The first-order valence-corrected chi connectivity index (χ1v) is 5.39. The van der Waals surface area contributed by atoms with Crippen molar-refractivity contribution in [2.75, 3.05) is 5.32 Å². The molecule has 0 spiro atoms. The summed E-state index contributed by atoms with van der Waals surface area (Å²) in [6, 6.07) is 1.86. The fraction of sp³-hybridized carbons (Fsp3) is 0.600. The van der Waals surface area contributed by atoms with Crippen LogP contribution in [0.2, 0.25) is 5.28 Å². The SMILES string of the molecule is CCC1(Nc2ccnc(Cl)n2)CCC1. The first-order chi connectivity index (χ1) is 6.74. The van der Waals surface area contributed by atoms with E-state index in [1.807, 2.05) is 6.07 Å². The minimum Gasteiger partial charge on any atom is -0.365 e. The van der Waals surface area contributed by atoms with Gasteiger partial charge < -0.3 is 5.32 Å². The van der Waals surface area contributed by atoms with Crippen molar-refractivity contribution in [2.45, 2.75) is 38.1 Å². The number of anilines is 1. The lowest BCUT2D eigenvalue weighted by Crippen LogP contribution is -2.44. The van der Waals surface area contributed by atoms with Gasteiger partial charge in [0.2, 0.25) is 5.28 Å². The third-order valence-corrected chi connectivity index (χ3v) is 3.19. The fourth-order valence-corrected chi connectivity index (χ4v) is 1.99. The Hall–Kier alpha value is -0.830. The van der Waals surface area contributed by atoms with Crippen LogP contribution in [0.5, 0.6) is 0 Å². The second-order valence-corrected chi connectivity index (χ2v) is 4.16. The molecule has 1 saturated carbocycles. The zero-order valence-corrected chi connectivity index (χ0v) is 9.01. The van der Waals surface area contributed by atoms with Gasteiger partial charge in [0, 0.05) is 11.7 Å². The van der Waals surface area contributed by atoms with Crippen LogP contribution in [0.25, 0.3) is 0 Å². The molecule has 0 unspecified atom stereocenters. The fourth-order valence-electron chi connectivity index (χ4n) is 1.85.